The lowest BCUT2D eigenvalue weighted by atomic mass is 10.3. The highest BCUT2D eigenvalue weighted by Crippen LogP contribution is 2.18. The minimum atomic E-state index is -0.580. The number of aliphatic hydroxyl groups excluding tert-OH is 1. The van der Waals surface area contributed by atoms with Gasteiger partial charge >= 0.3 is 0 Å². The molecular formula is C13H18N2O3S. The molecule has 1 fully saturated rings. The first-order valence-corrected chi connectivity index (χ1v) is 7.30. The molecule has 6 heteroatoms. The van der Waals surface area contributed by atoms with Crippen molar-refractivity contribution in [1.82, 2.24) is 9.88 Å². The number of amides is 1. The zero-order chi connectivity index (χ0) is 13.7. The highest BCUT2D eigenvalue weighted by Gasteiger charge is 2.34. The molecule has 1 saturated heterocycles. The molecule has 0 aromatic carbocycles. The summed E-state index contributed by atoms with van der Waals surface area (Å²) in [6.45, 7) is 3.25. The average molecular weight is 282 g/mol. The molecule has 104 valence electrons. The first-order valence-electron chi connectivity index (χ1n) is 6.32. The number of β-amino-alcohol motifs (C(OH)–C–C–N with tert-alkyl or cyclic N) is 1. The van der Waals surface area contributed by atoms with Crippen molar-refractivity contribution < 1.29 is 14.6 Å². The summed E-state index contributed by atoms with van der Waals surface area (Å²) in [4.78, 5) is 17.8. The van der Waals surface area contributed by atoms with Crippen LogP contribution in [0.25, 0.3) is 0 Å². The van der Waals surface area contributed by atoms with Gasteiger partial charge in [-0.1, -0.05) is 17.8 Å². The molecule has 0 spiro atoms. The summed E-state index contributed by atoms with van der Waals surface area (Å²) in [5, 5.41) is 10.6. The van der Waals surface area contributed by atoms with E-state index < -0.39 is 6.10 Å². The maximum absolute atomic E-state index is 12.0. The fraction of sp³-hybridized carbons (Fsp3) is 0.538. The monoisotopic (exact) mass is 282 g/mol. The van der Waals surface area contributed by atoms with Crippen LogP contribution < -0.4 is 0 Å². The predicted molar refractivity (Wildman–Crippen MR) is 73.0 cm³/mol. The maximum atomic E-state index is 12.0. The zero-order valence-corrected chi connectivity index (χ0v) is 11.7. The number of hydrogen-bond acceptors (Lipinski definition) is 5. The molecule has 0 saturated carbocycles. The van der Waals surface area contributed by atoms with Crippen LogP contribution in [0.1, 0.15) is 6.92 Å². The van der Waals surface area contributed by atoms with E-state index in [4.69, 9.17) is 4.74 Å². The van der Waals surface area contributed by atoms with Gasteiger partial charge in [-0.2, -0.15) is 0 Å². The number of thioether (sulfide) groups is 1. The van der Waals surface area contributed by atoms with Crippen LogP contribution in [0, 0.1) is 0 Å². The summed E-state index contributed by atoms with van der Waals surface area (Å²) >= 11 is 1.41. The van der Waals surface area contributed by atoms with Crippen molar-refractivity contribution >= 4 is 17.7 Å². The topological polar surface area (TPSA) is 62.7 Å². The molecule has 1 amide bonds. The molecule has 1 N–H and O–H groups in total. The summed E-state index contributed by atoms with van der Waals surface area (Å²) in [6.07, 6.45) is 0.870. The summed E-state index contributed by atoms with van der Waals surface area (Å²) in [5.41, 5.74) is 0. The van der Waals surface area contributed by atoms with Gasteiger partial charge in [0.2, 0.25) is 5.91 Å². The lowest BCUT2D eigenvalue weighted by Gasteiger charge is -2.15. The van der Waals surface area contributed by atoms with E-state index in [1.54, 1.807) is 11.1 Å². The fourth-order valence-electron chi connectivity index (χ4n) is 2.00. The van der Waals surface area contributed by atoms with Crippen molar-refractivity contribution in [3.8, 4) is 0 Å². The highest BCUT2D eigenvalue weighted by molar-refractivity contribution is 7.99. The van der Waals surface area contributed by atoms with E-state index >= 15 is 0 Å². The van der Waals surface area contributed by atoms with Gasteiger partial charge in [-0.15, -0.1) is 0 Å². The van der Waals surface area contributed by atoms with Crippen molar-refractivity contribution in [3.63, 3.8) is 0 Å². The van der Waals surface area contributed by atoms with Gasteiger partial charge in [-0.25, -0.2) is 4.98 Å². The van der Waals surface area contributed by atoms with Crippen LogP contribution in [-0.4, -0.2) is 58.6 Å². The second-order valence-corrected chi connectivity index (χ2v) is 5.31. The van der Waals surface area contributed by atoms with Crippen LogP contribution in [-0.2, 0) is 9.53 Å². The molecular weight excluding hydrogens is 264 g/mol. The lowest BCUT2D eigenvalue weighted by Crippen LogP contribution is -2.31. The molecule has 1 aromatic heterocycles. The minimum Gasteiger partial charge on any atom is -0.388 e. The van der Waals surface area contributed by atoms with E-state index in [9.17, 15) is 9.90 Å². The van der Waals surface area contributed by atoms with E-state index in [0.29, 0.717) is 25.4 Å². The van der Waals surface area contributed by atoms with Crippen molar-refractivity contribution in [2.24, 2.45) is 0 Å². The van der Waals surface area contributed by atoms with Crippen LogP contribution in [0.15, 0.2) is 29.4 Å². The van der Waals surface area contributed by atoms with Gasteiger partial charge in [-0.05, 0) is 19.1 Å². The number of pyridine rings is 1. The third-order valence-electron chi connectivity index (χ3n) is 2.95. The first-order chi connectivity index (χ1) is 9.20. The Labute approximate surface area is 117 Å². The van der Waals surface area contributed by atoms with Crippen LogP contribution in [0.3, 0.4) is 0 Å². The quantitative estimate of drug-likeness (QED) is 0.809. The largest absolute Gasteiger partial charge is 0.388 e. The summed E-state index contributed by atoms with van der Waals surface area (Å²) in [5.74, 6) is 0.347. The number of nitrogens with zero attached hydrogens (tertiary/aromatic N) is 2. The minimum absolute atomic E-state index is 0.0110. The maximum Gasteiger partial charge on any atom is 0.233 e. The predicted octanol–water partition coefficient (Wildman–Crippen LogP) is 0.782. The number of carbonyl (C=O) groups is 1. The zero-order valence-electron chi connectivity index (χ0n) is 10.9. The molecule has 2 rings (SSSR count). The van der Waals surface area contributed by atoms with E-state index in [-0.39, 0.29) is 12.0 Å². The fourth-order valence-corrected chi connectivity index (χ4v) is 2.76. The normalized spacial score (nSPS) is 22.7. The van der Waals surface area contributed by atoms with Crippen molar-refractivity contribution in [3.05, 3.63) is 24.4 Å². The third-order valence-corrected chi connectivity index (χ3v) is 3.88. The van der Waals surface area contributed by atoms with Gasteiger partial charge in [0.1, 0.15) is 6.10 Å². The van der Waals surface area contributed by atoms with Gasteiger partial charge in [0.05, 0.1) is 16.9 Å². The number of likely N-dealkylation sites (tertiary alicyclic amines) is 1. The van der Waals surface area contributed by atoms with E-state index in [2.05, 4.69) is 4.98 Å². The molecule has 2 atom stereocenters. The Hall–Kier alpha value is -1.11. The standard InChI is InChI=1S/C13H18N2O3S/c1-2-18-11-8-15(7-10(11)16)13(17)9-19-12-5-3-4-6-14-12/h3-6,10-11,16H,2,7-9H2,1H3. The van der Waals surface area contributed by atoms with Crippen LogP contribution >= 0.6 is 11.8 Å². The Morgan fingerprint density at radius 3 is 3.11 bits per heavy atom. The number of ether oxygens (including phenoxy) is 1. The number of rotatable bonds is 5. The molecule has 2 heterocycles. The van der Waals surface area contributed by atoms with Gasteiger partial charge in [-0.3, -0.25) is 4.79 Å². The number of aliphatic hydroxyl groups is 1. The van der Waals surface area contributed by atoms with E-state index in [1.807, 2.05) is 25.1 Å². The van der Waals surface area contributed by atoms with Gasteiger partial charge < -0.3 is 14.7 Å². The molecule has 0 radical (unpaired) electrons. The third kappa shape index (κ3) is 3.92. The van der Waals surface area contributed by atoms with E-state index in [1.165, 1.54) is 11.8 Å². The SMILES string of the molecule is CCOC1CN(C(=O)CSc2ccccn2)CC1O. The smallest absolute Gasteiger partial charge is 0.233 e. The summed E-state index contributed by atoms with van der Waals surface area (Å²) in [6, 6.07) is 5.61. The van der Waals surface area contributed by atoms with Crippen molar-refractivity contribution in [2.75, 3.05) is 25.4 Å². The molecule has 0 aliphatic carbocycles. The molecule has 19 heavy (non-hydrogen) atoms. The summed E-state index contributed by atoms with van der Waals surface area (Å²) < 4.78 is 5.40. The average Bonchev–Trinajstić information content (AvgIpc) is 2.79. The second-order valence-electron chi connectivity index (χ2n) is 4.32. The van der Waals surface area contributed by atoms with Crippen LogP contribution in [0.4, 0.5) is 0 Å². The molecule has 5 nitrogen and oxygen atoms in total. The van der Waals surface area contributed by atoms with Crippen molar-refractivity contribution in [1.29, 1.82) is 0 Å². The highest BCUT2D eigenvalue weighted by atomic mass is 32.2. The Kier molecular flexibility index (Phi) is 5.18. The lowest BCUT2D eigenvalue weighted by molar-refractivity contribution is -0.127. The van der Waals surface area contributed by atoms with Gasteiger partial charge in [0, 0.05) is 25.9 Å². The van der Waals surface area contributed by atoms with E-state index in [0.717, 1.165) is 5.03 Å². The Morgan fingerprint density at radius 2 is 2.42 bits per heavy atom. The second kappa shape index (κ2) is 6.88. The number of hydrogen-bond donors (Lipinski definition) is 1. The number of carbonyl (C=O) groups excluding carboxylic acids is 1. The Morgan fingerprint density at radius 1 is 1.58 bits per heavy atom. The molecule has 0 bridgehead atoms. The van der Waals surface area contributed by atoms with Crippen LogP contribution in [0.5, 0.6) is 0 Å². The molecule has 1 aliphatic rings. The molecule has 1 aliphatic heterocycles. The molecule has 1 aromatic rings. The summed E-state index contributed by atoms with van der Waals surface area (Å²) in [7, 11) is 0. The van der Waals surface area contributed by atoms with Crippen molar-refractivity contribution in [2.45, 2.75) is 24.2 Å². The Balaban J connectivity index is 1.81. The number of aromatic nitrogens is 1. The molecule has 2 unspecified atom stereocenters. The van der Waals surface area contributed by atoms with Gasteiger partial charge in [0.25, 0.3) is 0 Å². The van der Waals surface area contributed by atoms with Crippen LogP contribution in [0.2, 0.25) is 0 Å². The first kappa shape index (κ1) is 14.3. The Bertz CT molecular complexity index is 416. The van der Waals surface area contributed by atoms with Gasteiger partial charge in [0.15, 0.2) is 0 Å².